The van der Waals surface area contributed by atoms with E-state index in [1.54, 1.807) is 0 Å². The van der Waals surface area contributed by atoms with Crippen LogP contribution in [0.3, 0.4) is 0 Å². The predicted molar refractivity (Wildman–Crippen MR) is 81.7 cm³/mol. The van der Waals surface area contributed by atoms with Gasteiger partial charge in [-0.15, -0.1) is 0 Å². The van der Waals surface area contributed by atoms with Crippen LogP contribution >= 0.6 is 0 Å². The Morgan fingerprint density at radius 3 is 2.74 bits per heavy atom. The number of ether oxygens (including phenoxy) is 1. The highest BCUT2D eigenvalue weighted by Gasteiger charge is 2.20. The topological polar surface area (TPSA) is 36.9 Å². The first kappa shape index (κ1) is 16.3. The van der Waals surface area contributed by atoms with Crippen molar-refractivity contribution in [3.05, 3.63) is 0 Å². The van der Waals surface area contributed by atoms with Crippen LogP contribution in [-0.4, -0.2) is 50.8 Å². The number of guanidine groups is 1. The van der Waals surface area contributed by atoms with Crippen LogP contribution in [-0.2, 0) is 4.74 Å². The van der Waals surface area contributed by atoms with Gasteiger partial charge >= 0.3 is 0 Å². The number of hydrogen-bond donors (Lipinski definition) is 1. The summed E-state index contributed by atoms with van der Waals surface area (Å²) in [6, 6.07) is 0. The Morgan fingerprint density at radius 1 is 1.32 bits per heavy atom. The van der Waals surface area contributed by atoms with Gasteiger partial charge in [0.2, 0.25) is 0 Å². The SMILES string of the molecule is CCCCN(C)C(=NCCCOCC1CC1)NCC. The van der Waals surface area contributed by atoms with Gasteiger partial charge in [-0.3, -0.25) is 4.99 Å². The lowest BCUT2D eigenvalue weighted by atomic mass is 10.3. The molecule has 0 spiro atoms. The van der Waals surface area contributed by atoms with Crippen molar-refractivity contribution in [2.45, 2.75) is 46.0 Å². The molecule has 0 radical (unpaired) electrons. The smallest absolute Gasteiger partial charge is 0.193 e. The lowest BCUT2D eigenvalue weighted by molar-refractivity contribution is 0.123. The van der Waals surface area contributed by atoms with Crippen molar-refractivity contribution in [2.24, 2.45) is 10.9 Å². The van der Waals surface area contributed by atoms with Crippen LogP contribution in [0.15, 0.2) is 4.99 Å². The van der Waals surface area contributed by atoms with Gasteiger partial charge in [0, 0.05) is 39.9 Å². The number of nitrogens with one attached hydrogen (secondary N) is 1. The summed E-state index contributed by atoms with van der Waals surface area (Å²) in [6.07, 6.45) is 6.18. The number of rotatable bonds is 10. The van der Waals surface area contributed by atoms with Crippen LogP contribution in [0.1, 0.15) is 46.0 Å². The van der Waals surface area contributed by atoms with Gasteiger partial charge < -0.3 is 15.0 Å². The fourth-order valence-corrected chi connectivity index (χ4v) is 1.86. The molecule has 112 valence electrons. The van der Waals surface area contributed by atoms with Gasteiger partial charge in [0.25, 0.3) is 0 Å². The first-order chi connectivity index (χ1) is 9.27. The second-order valence-corrected chi connectivity index (χ2v) is 5.38. The van der Waals surface area contributed by atoms with Crippen LogP contribution in [0.5, 0.6) is 0 Å². The average Bonchev–Trinajstić information content (AvgIpc) is 3.22. The van der Waals surface area contributed by atoms with Crippen LogP contribution < -0.4 is 5.32 Å². The molecule has 0 unspecified atom stereocenters. The number of aliphatic imine (C=N–C) groups is 1. The van der Waals surface area contributed by atoms with Crippen molar-refractivity contribution >= 4 is 5.96 Å². The van der Waals surface area contributed by atoms with Gasteiger partial charge in [-0.2, -0.15) is 0 Å². The number of unbranched alkanes of at least 4 members (excludes halogenated alkanes) is 1. The highest BCUT2D eigenvalue weighted by atomic mass is 16.5. The van der Waals surface area contributed by atoms with Crippen LogP contribution in [0.2, 0.25) is 0 Å². The van der Waals surface area contributed by atoms with E-state index in [1.807, 2.05) is 0 Å². The molecule has 1 saturated carbocycles. The molecule has 4 nitrogen and oxygen atoms in total. The molecular weight excluding hydrogens is 238 g/mol. The lowest BCUT2D eigenvalue weighted by Crippen LogP contribution is -2.39. The quantitative estimate of drug-likeness (QED) is 0.376. The van der Waals surface area contributed by atoms with E-state index in [9.17, 15) is 0 Å². The van der Waals surface area contributed by atoms with E-state index < -0.39 is 0 Å². The van der Waals surface area contributed by atoms with Gasteiger partial charge in [-0.05, 0) is 38.5 Å². The van der Waals surface area contributed by atoms with Gasteiger partial charge in [-0.25, -0.2) is 0 Å². The summed E-state index contributed by atoms with van der Waals surface area (Å²) in [6.45, 7) is 8.98. The maximum atomic E-state index is 5.62. The Labute approximate surface area is 118 Å². The van der Waals surface area contributed by atoms with E-state index >= 15 is 0 Å². The van der Waals surface area contributed by atoms with E-state index in [0.717, 1.165) is 51.1 Å². The van der Waals surface area contributed by atoms with E-state index in [-0.39, 0.29) is 0 Å². The molecule has 0 aromatic heterocycles. The van der Waals surface area contributed by atoms with Gasteiger partial charge in [0.05, 0.1) is 0 Å². The van der Waals surface area contributed by atoms with Gasteiger partial charge in [0.15, 0.2) is 5.96 Å². The van der Waals surface area contributed by atoms with Crippen molar-refractivity contribution in [2.75, 3.05) is 39.9 Å². The summed E-state index contributed by atoms with van der Waals surface area (Å²) in [5.41, 5.74) is 0. The lowest BCUT2D eigenvalue weighted by Gasteiger charge is -2.21. The Bertz CT molecular complexity index is 252. The fraction of sp³-hybridized carbons (Fsp3) is 0.933. The normalized spacial score (nSPS) is 15.6. The van der Waals surface area contributed by atoms with Crippen molar-refractivity contribution in [1.29, 1.82) is 0 Å². The van der Waals surface area contributed by atoms with E-state index in [2.05, 4.69) is 36.1 Å². The fourth-order valence-electron chi connectivity index (χ4n) is 1.86. The van der Waals surface area contributed by atoms with Crippen LogP contribution in [0.4, 0.5) is 0 Å². The minimum absolute atomic E-state index is 0.845. The van der Waals surface area contributed by atoms with Gasteiger partial charge in [0.1, 0.15) is 0 Å². The third-order valence-electron chi connectivity index (χ3n) is 3.30. The molecule has 4 heteroatoms. The molecule has 19 heavy (non-hydrogen) atoms. The Balaban J connectivity index is 2.14. The largest absolute Gasteiger partial charge is 0.381 e. The molecule has 1 fully saturated rings. The molecule has 0 aromatic rings. The molecule has 0 saturated heterocycles. The molecule has 0 heterocycles. The third kappa shape index (κ3) is 8.09. The first-order valence-electron chi connectivity index (χ1n) is 7.85. The van der Waals surface area contributed by atoms with Crippen LogP contribution in [0, 0.1) is 5.92 Å². The summed E-state index contributed by atoms with van der Waals surface area (Å²) in [4.78, 5) is 6.87. The molecule has 1 aliphatic carbocycles. The molecule has 0 aromatic carbocycles. The van der Waals surface area contributed by atoms with Crippen molar-refractivity contribution in [3.8, 4) is 0 Å². The minimum Gasteiger partial charge on any atom is -0.381 e. The maximum absolute atomic E-state index is 5.62. The molecule has 0 amide bonds. The van der Waals surface area contributed by atoms with Crippen molar-refractivity contribution in [3.63, 3.8) is 0 Å². The zero-order valence-electron chi connectivity index (χ0n) is 13.0. The van der Waals surface area contributed by atoms with E-state index in [4.69, 9.17) is 4.74 Å². The molecule has 1 rings (SSSR count). The molecular formula is C15H31N3O. The number of nitrogens with zero attached hydrogens (tertiary/aromatic N) is 2. The van der Waals surface area contributed by atoms with Gasteiger partial charge in [-0.1, -0.05) is 13.3 Å². The minimum atomic E-state index is 0.845. The average molecular weight is 269 g/mol. The van der Waals surface area contributed by atoms with Crippen molar-refractivity contribution in [1.82, 2.24) is 10.2 Å². The van der Waals surface area contributed by atoms with E-state index in [1.165, 1.54) is 25.7 Å². The highest BCUT2D eigenvalue weighted by Crippen LogP contribution is 2.28. The molecule has 0 bridgehead atoms. The summed E-state index contributed by atoms with van der Waals surface area (Å²) in [7, 11) is 2.11. The predicted octanol–water partition coefficient (Wildman–Crippen LogP) is 2.50. The van der Waals surface area contributed by atoms with Crippen LogP contribution in [0.25, 0.3) is 0 Å². The molecule has 1 aliphatic rings. The maximum Gasteiger partial charge on any atom is 0.193 e. The number of hydrogen-bond acceptors (Lipinski definition) is 2. The first-order valence-corrected chi connectivity index (χ1v) is 7.85. The standard InChI is InChI=1S/C15H31N3O/c1-4-6-11-18(3)15(16-5-2)17-10-7-12-19-13-14-8-9-14/h14H,4-13H2,1-3H3,(H,16,17). The Morgan fingerprint density at radius 2 is 2.11 bits per heavy atom. The Kier molecular flexibility index (Phi) is 8.63. The summed E-state index contributed by atoms with van der Waals surface area (Å²) < 4.78 is 5.62. The monoisotopic (exact) mass is 269 g/mol. The second kappa shape index (κ2) is 10.1. The summed E-state index contributed by atoms with van der Waals surface area (Å²) in [5, 5.41) is 3.35. The zero-order valence-corrected chi connectivity index (χ0v) is 13.0. The summed E-state index contributed by atoms with van der Waals surface area (Å²) in [5.74, 6) is 1.89. The second-order valence-electron chi connectivity index (χ2n) is 5.38. The molecule has 0 atom stereocenters. The highest BCUT2D eigenvalue weighted by molar-refractivity contribution is 5.79. The zero-order chi connectivity index (χ0) is 13.9. The molecule has 0 aliphatic heterocycles. The molecule has 1 N–H and O–H groups in total. The summed E-state index contributed by atoms with van der Waals surface area (Å²) >= 11 is 0. The third-order valence-corrected chi connectivity index (χ3v) is 3.30. The van der Waals surface area contributed by atoms with Crippen molar-refractivity contribution < 1.29 is 4.74 Å². The van der Waals surface area contributed by atoms with E-state index in [0.29, 0.717) is 0 Å². The Hall–Kier alpha value is -0.770.